The van der Waals surface area contributed by atoms with Gasteiger partial charge in [-0.2, -0.15) is 4.67 Å². The Morgan fingerprint density at radius 3 is 2.64 bits per heavy atom. The van der Waals surface area contributed by atoms with E-state index in [1.165, 1.54) is 0 Å². The summed E-state index contributed by atoms with van der Waals surface area (Å²) in [5.41, 5.74) is 0. The predicted octanol–water partition coefficient (Wildman–Crippen LogP) is 0.302. The fourth-order valence-electron chi connectivity index (χ4n) is 0.566. The monoisotopic (exact) mass is 176 g/mol. The molecule has 0 saturated carbocycles. The van der Waals surface area contributed by atoms with E-state index >= 15 is 0 Å². The Morgan fingerprint density at radius 2 is 2.18 bits per heavy atom. The highest BCUT2D eigenvalue weighted by molar-refractivity contribution is 5.85. The Hall–Kier alpha value is -0.590. The van der Waals surface area contributed by atoms with Gasteiger partial charge < -0.3 is 4.90 Å². The van der Waals surface area contributed by atoms with Crippen molar-refractivity contribution < 1.29 is 0 Å². The third-order valence-corrected chi connectivity index (χ3v) is 1.02. The zero-order chi connectivity index (χ0) is 7.82. The van der Waals surface area contributed by atoms with Crippen LogP contribution in [0.3, 0.4) is 0 Å². The van der Waals surface area contributed by atoms with Crippen LogP contribution in [-0.4, -0.2) is 44.8 Å². The van der Waals surface area contributed by atoms with Gasteiger partial charge in [-0.25, -0.2) is 0 Å². The topological polar surface area (TPSA) is 29.7 Å². The fourth-order valence-corrected chi connectivity index (χ4v) is 0.566. The average Bonchev–Trinajstić information content (AvgIpc) is 1.87. The van der Waals surface area contributed by atoms with Gasteiger partial charge in [-0.3, -0.25) is 0 Å². The molecule has 0 N–H and O–H groups in total. The Balaban J connectivity index is 0. The lowest BCUT2D eigenvalue weighted by Crippen LogP contribution is -2.13. The van der Waals surface area contributed by atoms with Crippen LogP contribution in [0, 0.1) is 0 Å². The molecule has 0 saturated heterocycles. The molecule has 0 bridgehead atoms. The molecule has 0 heterocycles. The van der Waals surface area contributed by atoms with Crippen molar-refractivity contribution in [2.75, 3.05) is 27.2 Å². The second-order valence-corrected chi connectivity index (χ2v) is 2.30. The zero-order valence-corrected chi connectivity index (χ0v) is 7.89. The van der Waals surface area contributed by atoms with Gasteiger partial charge in [-0.15, -0.1) is 12.4 Å². The molecule has 0 aromatic carbocycles. The van der Waals surface area contributed by atoms with Crippen LogP contribution in [0.4, 0.5) is 0 Å². The lowest BCUT2D eigenvalue weighted by molar-refractivity contribution is 0.403. The molecule has 4 heteroatoms. The van der Waals surface area contributed by atoms with Crippen molar-refractivity contribution >= 4 is 25.1 Å². The van der Waals surface area contributed by atoms with Gasteiger partial charge in [0.05, 0.1) is 0 Å². The molecule has 0 aromatic heterocycles. The molecule has 0 fully saturated rings. The van der Waals surface area contributed by atoms with Gasteiger partial charge in [0.2, 0.25) is 0 Å². The summed E-state index contributed by atoms with van der Waals surface area (Å²) in [5, 5.41) is 0. The third kappa shape index (κ3) is 12.6. The van der Waals surface area contributed by atoms with E-state index in [4.69, 9.17) is 0 Å². The van der Waals surface area contributed by atoms with E-state index in [0.717, 1.165) is 19.5 Å². The number of aliphatic imine (C=N–C) groups is 1. The first-order chi connectivity index (χ1) is 4.77. The lowest BCUT2D eigenvalue weighted by atomic mass is 10.4. The predicted molar refractivity (Wildman–Crippen MR) is 52.0 cm³/mol. The van der Waals surface area contributed by atoms with Crippen LogP contribution in [0.1, 0.15) is 6.42 Å². The molecule has 0 aromatic rings. The van der Waals surface area contributed by atoms with Crippen molar-refractivity contribution in [1.29, 1.82) is 0 Å². The number of hydrogen-bond acceptors (Lipinski definition) is 2. The van der Waals surface area contributed by atoms with Crippen LogP contribution in [0.15, 0.2) is 4.99 Å². The quantitative estimate of drug-likeness (QED) is 0.344. The van der Waals surface area contributed by atoms with Gasteiger partial charge in [0.1, 0.15) is 6.54 Å². The maximum Gasteiger partial charge on any atom is 0.422 e. The summed E-state index contributed by atoms with van der Waals surface area (Å²) < 4.78 is 3.37. The molecule has 0 radical (unpaired) electrons. The van der Waals surface area contributed by atoms with E-state index in [-0.39, 0.29) is 12.4 Å². The number of nitrogens with zero attached hydrogens (tertiary/aromatic N) is 3. The van der Waals surface area contributed by atoms with E-state index in [1.807, 2.05) is 14.1 Å². The summed E-state index contributed by atoms with van der Waals surface area (Å²) >= 11 is 0. The Kier molecular flexibility index (Phi) is 11.1. The number of halogens is 1. The van der Waals surface area contributed by atoms with Crippen LogP contribution >= 0.6 is 12.4 Å². The Bertz CT molecular complexity index is 155. The molecule has 3 nitrogen and oxygen atoms in total. The Labute approximate surface area is 74.0 Å². The number of hydrogen-bond donors (Lipinski definition) is 0. The van der Waals surface area contributed by atoms with Gasteiger partial charge in [0.15, 0.2) is 6.72 Å². The first-order valence-corrected chi connectivity index (χ1v) is 3.29. The average molecular weight is 177 g/mol. The van der Waals surface area contributed by atoms with Crippen LogP contribution in [0.25, 0.3) is 0 Å². The molecule has 0 spiro atoms. The van der Waals surface area contributed by atoms with Crippen molar-refractivity contribution in [2.45, 2.75) is 6.42 Å². The van der Waals surface area contributed by atoms with Crippen LogP contribution in [0.2, 0.25) is 0 Å². The zero-order valence-electron chi connectivity index (χ0n) is 7.08. The maximum absolute atomic E-state index is 3.86. The van der Waals surface area contributed by atoms with Gasteiger partial charge in [0, 0.05) is 13.0 Å². The summed E-state index contributed by atoms with van der Waals surface area (Å²) in [6, 6.07) is 2.44. The number of rotatable bonds is 4. The smallest absolute Gasteiger partial charge is 0.309 e. The van der Waals surface area contributed by atoms with Crippen LogP contribution in [0.5, 0.6) is 0 Å². The van der Waals surface area contributed by atoms with E-state index in [1.54, 1.807) is 0 Å². The van der Waals surface area contributed by atoms with Gasteiger partial charge in [0.25, 0.3) is 0 Å². The minimum Gasteiger partial charge on any atom is -0.309 e. The van der Waals surface area contributed by atoms with E-state index in [0.29, 0.717) is 0 Å². The molecule has 0 unspecified atom stereocenters. The molecule has 64 valence electrons. The maximum atomic E-state index is 3.86. The minimum atomic E-state index is 0. The third-order valence-electron chi connectivity index (χ3n) is 1.02. The summed E-state index contributed by atoms with van der Waals surface area (Å²) in [5.74, 6) is 0. The highest BCUT2D eigenvalue weighted by Crippen LogP contribution is 1.81. The minimum absolute atomic E-state index is 0. The second-order valence-electron chi connectivity index (χ2n) is 2.30. The highest BCUT2D eigenvalue weighted by atomic mass is 35.5. The van der Waals surface area contributed by atoms with Crippen LogP contribution < -0.4 is 4.67 Å². The Morgan fingerprint density at radius 1 is 1.55 bits per heavy atom. The molecule has 0 rings (SSSR count). The van der Waals surface area contributed by atoms with Gasteiger partial charge in [-0.05, 0) is 19.1 Å². The summed E-state index contributed by atoms with van der Waals surface area (Å²) in [6.45, 7) is 5.07. The van der Waals surface area contributed by atoms with Gasteiger partial charge >= 0.3 is 6.01 Å². The molecule has 0 aliphatic rings. The molecule has 11 heavy (non-hydrogen) atoms. The fraction of sp³-hybridized carbons (Fsp3) is 0.714. The first kappa shape index (κ1) is 13.0. The molecule has 0 amide bonds. The van der Waals surface area contributed by atoms with E-state index in [2.05, 4.69) is 27.3 Å². The summed E-state index contributed by atoms with van der Waals surface area (Å²) in [6.07, 6.45) is 1.05. The van der Waals surface area contributed by atoms with E-state index < -0.39 is 0 Å². The van der Waals surface area contributed by atoms with Crippen LogP contribution in [-0.2, 0) is 0 Å². The van der Waals surface area contributed by atoms with Crippen molar-refractivity contribution in [3.63, 3.8) is 0 Å². The lowest BCUT2D eigenvalue weighted by Gasteiger charge is -2.04. The van der Waals surface area contributed by atoms with Crippen molar-refractivity contribution in [1.82, 2.24) is 9.57 Å². The normalized spacial score (nSPS) is 7.91. The SMILES string of the molecule is C=[N+]=C=NCCCN(C)C.Cl. The molecule has 0 atom stereocenters. The van der Waals surface area contributed by atoms with Crippen molar-refractivity contribution in [2.24, 2.45) is 4.99 Å². The summed E-state index contributed by atoms with van der Waals surface area (Å²) in [4.78, 5) is 5.98. The molecular weight excluding hydrogens is 162 g/mol. The summed E-state index contributed by atoms with van der Waals surface area (Å²) in [7, 11) is 4.08. The highest BCUT2D eigenvalue weighted by Gasteiger charge is 1.90. The molecule has 0 aliphatic heterocycles. The van der Waals surface area contributed by atoms with Crippen molar-refractivity contribution in [3.8, 4) is 0 Å². The van der Waals surface area contributed by atoms with Crippen molar-refractivity contribution in [3.05, 3.63) is 0 Å². The second kappa shape index (κ2) is 9.41. The standard InChI is InChI=1S/C7H14N3.ClH/c1-8-7-9-5-4-6-10(2)3;/h1,4-6H2,2-3H3;1H/q+1;. The molecule has 0 aliphatic carbocycles. The largest absolute Gasteiger partial charge is 0.422 e. The molecular formula is C7H15ClN3+. The van der Waals surface area contributed by atoms with Gasteiger partial charge in [-0.1, -0.05) is 0 Å². The van der Waals surface area contributed by atoms with E-state index in [9.17, 15) is 0 Å². The first-order valence-electron chi connectivity index (χ1n) is 3.29.